The van der Waals surface area contributed by atoms with Crippen LogP contribution in [0.2, 0.25) is 0 Å². The number of amides is 2. The van der Waals surface area contributed by atoms with Gasteiger partial charge in [-0.1, -0.05) is 30.3 Å². The first-order valence-electron chi connectivity index (χ1n) is 6.58. The van der Waals surface area contributed by atoms with Crippen molar-refractivity contribution in [3.8, 4) is 0 Å². The van der Waals surface area contributed by atoms with Gasteiger partial charge in [0.25, 0.3) is 0 Å². The van der Waals surface area contributed by atoms with Crippen molar-refractivity contribution in [1.82, 2.24) is 10.2 Å². The predicted molar refractivity (Wildman–Crippen MR) is 75.7 cm³/mol. The van der Waals surface area contributed by atoms with Gasteiger partial charge in [-0.05, 0) is 25.8 Å². The highest BCUT2D eigenvalue weighted by Crippen LogP contribution is 1.99. The molecule has 2 amide bonds. The molecule has 0 saturated heterocycles. The molecule has 0 aliphatic rings. The topological polar surface area (TPSA) is 49.4 Å². The van der Waals surface area contributed by atoms with Gasteiger partial charge in [0.2, 0.25) is 11.8 Å². The van der Waals surface area contributed by atoms with E-state index in [4.69, 9.17) is 0 Å². The molecule has 0 aliphatic carbocycles. The fraction of sp³-hybridized carbons (Fsp3) is 0.467. The Morgan fingerprint density at radius 2 is 1.84 bits per heavy atom. The number of nitrogens with one attached hydrogen (secondary N) is 1. The second-order valence-corrected chi connectivity index (χ2v) is 4.83. The summed E-state index contributed by atoms with van der Waals surface area (Å²) in [6, 6.07) is 10.0. The van der Waals surface area contributed by atoms with Gasteiger partial charge in [-0.2, -0.15) is 0 Å². The average molecular weight is 262 g/mol. The first-order valence-corrected chi connectivity index (χ1v) is 6.58. The Hall–Kier alpha value is -1.84. The molecule has 19 heavy (non-hydrogen) atoms. The van der Waals surface area contributed by atoms with Crippen molar-refractivity contribution in [2.45, 2.75) is 33.2 Å². The molecule has 0 radical (unpaired) electrons. The van der Waals surface area contributed by atoms with Crippen LogP contribution in [0.4, 0.5) is 0 Å². The zero-order valence-corrected chi connectivity index (χ0v) is 11.8. The quantitative estimate of drug-likeness (QED) is 0.846. The SMILES string of the molecule is CC(=O)N(CC(=O)NCCc1ccccc1)C(C)C. The van der Waals surface area contributed by atoms with Crippen molar-refractivity contribution in [3.63, 3.8) is 0 Å². The molecule has 0 heterocycles. The van der Waals surface area contributed by atoms with Crippen LogP contribution in [-0.2, 0) is 16.0 Å². The van der Waals surface area contributed by atoms with Gasteiger partial charge >= 0.3 is 0 Å². The summed E-state index contributed by atoms with van der Waals surface area (Å²) < 4.78 is 0. The maximum Gasteiger partial charge on any atom is 0.239 e. The largest absolute Gasteiger partial charge is 0.354 e. The number of carbonyl (C=O) groups excluding carboxylic acids is 2. The van der Waals surface area contributed by atoms with E-state index in [0.717, 1.165) is 6.42 Å². The van der Waals surface area contributed by atoms with Crippen LogP contribution in [0.25, 0.3) is 0 Å². The fourth-order valence-electron chi connectivity index (χ4n) is 1.86. The molecule has 0 aromatic heterocycles. The van der Waals surface area contributed by atoms with E-state index < -0.39 is 0 Å². The molecule has 0 unspecified atom stereocenters. The molecule has 1 rings (SSSR count). The Morgan fingerprint density at radius 1 is 1.21 bits per heavy atom. The molecule has 4 heteroatoms. The summed E-state index contributed by atoms with van der Waals surface area (Å²) >= 11 is 0. The van der Waals surface area contributed by atoms with Crippen LogP contribution >= 0.6 is 0 Å². The molecule has 1 N–H and O–H groups in total. The van der Waals surface area contributed by atoms with Gasteiger partial charge in [-0.3, -0.25) is 9.59 Å². The Labute approximate surface area is 114 Å². The Balaban J connectivity index is 2.33. The van der Waals surface area contributed by atoms with Crippen molar-refractivity contribution in [2.75, 3.05) is 13.1 Å². The van der Waals surface area contributed by atoms with E-state index in [1.165, 1.54) is 12.5 Å². The van der Waals surface area contributed by atoms with Gasteiger partial charge in [0.1, 0.15) is 0 Å². The van der Waals surface area contributed by atoms with Crippen molar-refractivity contribution < 1.29 is 9.59 Å². The molecule has 0 aliphatic heterocycles. The van der Waals surface area contributed by atoms with Crippen LogP contribution < -0.4 is 5.32 Å². The number of carbonyl (C=O) groups is 2. The average Bonchev–Trinajstić information content (AvgIpc) is 2.36. The van der Waals surface area contributed by atoms with Gasteiger partial charge in [-0.25, -0.2) is 0 Å². The number of benzene rings is 1. The van der Waals surface area contributed by atoms with Crippen LogP contribution in [0.1, 0.15) is 26.3 Å². The van der Waals surface area contributed by atoms with Gasteiger partial charge < -0.3 is 10.2 Å². The third-order valence-corrected chi connectivity index (χ3v) is 2.92. The Kier molecular flexibility index (Phi) is 6.06. The van der Waals surface area contributed by atoms with Crippen LogP contribution in [0, 0.1) is 0 Å². The van der Waals surface area contributed by atoms with Crippen LogP contribution in [0.5, 0.6) is 0 Å². The maximum atomic E-state index is 11.7. The zero-order chi connectivity index (χ0) is 14.3. The first-order chi connectivity index (χ1) is 9.00. The normalized spacial score (nSPS) is 10.3. The highest BCUT2D eigenvalue weighted by Gasteiger charge is 2.15. The van der Waals surface area contributed by atoms with E-state index in [-0.39, 0.29) is 24.4 Å². The second kappa shape index (κ2) is 7.56. The maximum absolute atomic E-state index is 11.7. The minimum Gasteiger partial charge on any atom is -0.354 e. The van der Waals surface area contributed by atoms with E-state index in [1.54, 1.807) is 4.90 Å². The van der Waals surface area contributed by atoms with Crippen molar-refractivity contribution in [3.05, 3.63) is 35.9 Å². The second-order valence-electron chi connectivity index (χ2n) is 4.83. The molecule has 4 nitrogen and oxygen atoms in total. The van der Waals surface area contributed by atoms with E-state index in [9.17, 15) is 9.59 Å². The molecule has 0 saturated carbocycles. The van der Waals surface area contributed by atoms with Gasteiger partial charge in [-0.15, -0.1) is 0 Å². The van der Waals surface area contributed by atoms with E-state index in [1.807, 2.05) is 44.2 Å². The Bertz CT molecular complexity index is 415. The lowest BCUT2D eigenvalue weighted by Crippen LogP contribution is -2.43. The minimum absolute atomic E-state index is 0.0392. The summed E-state index contributed by atoms with van der Waals surface area (Å²) in [5.74, 6) is -0.187. The van der Waals surface area contributed by atoms with Gasteiger partial charge in [0, 0.05) is 19.5 Å². The van der Waals surface area contributed by atoms with Gasteiger partial charge in [0.15, 0.2) is 0 Å². The predicted octanol–water partition coefficient (Wildman–Crippen LogP) is 1.60. The summed E-state index contributed by atoms with van der Waals surface area (Å²) in [5, 5.41) is 2.84. The highest BCUT2D eigenvalue weighted by atomic mass is 16.2. The molecule has 1 aromatic carbocycles. The molecular formula is C15H22N2O2. The summed E-state index contributed by atoms with van der Waals surface area (Å²) in [6.45, 7) is 6.00. The monoisotopic (exact) mass is 262 g/mol. The molecule has 0 spiro atoms. The van der Waals surface area contributed by atoms with Gasteiger partial charge in [0.05, 0.1) is 6.54 Å². The molecular weight excluding hydrogens is 240 g/mol. The summed E-state index contributed by atoms with van der Waals surface area (Å²) in [5.41, 5.74) is 1.19. The van der Waals surface area contributed by atoms with E-state index in [2.05, 4.69) is 5.32 Å². The van der Waals surface area contributed by atoms with Crippen LogP contribution in [-0.4, -0.2) is 35.8 Å². The third-order valence-electron chi connectivity index (χ3n) is 2.92. The molecule has 1 aromatic rings. The van der Waals surface area contributed by atoms with E-state index >= 15 is 0 Å². The lowest BCUT2D eigenvalue weighted by molar-refractivity contribution is -0.135. The van der Waals surface area contributed by atoms with Crippen molar-refractivity contribution in [2.24, 2.45) is 0 Å². The summed E-state index contributed by atoms with van der Waals surface area (Å²) in [4.78, 5) is 24.7. The lowest BCUT2D eigenvalue weighted by atomic mass is 10.1. The zero-order valence-electron chi connectivity index (χ0n) is 11.8. The number of hydrogen-bond donors (Lipinski definition) is 1. The Morgan fingerprint density at radius 3 is 2.37 bits per heavy atom. The van der Waals surface area contributed by atoms with Crippen molar-refractivity contribution in [1.29, 1.82) is 0 Å². The fourth-order valence-corrected chi connectivity index (χ4v) is 1.86. The number of nitrogens with zero attached hydrogens (tertiary/aromatic N) is 1. The smallest absolute Gasteiger partial charge is 0.239 e. The summed E-state index contributed by atoms with van der Waals surface area (Å²) in [6.07, 6.45) is 0.800. The van der Waals surface area contributed by atoms with E-state index in [0.29, 0.717) is 6.54 Å². The highest BCUT2D eigenvalue weighted by molar-refractivity contribution is 5.83. The standard InChI is InChI=1S/C15H22N2O2/c1-12(2)17(13(3)18)11-15(19)16-10-9-14-7-5-4-6-8-14/h4-8,12H,9-11H2,1-3H3,(H,16,19). The number of hydrogen-bond acceptors (Lipinski definition) is 2. The molecule has 104 valence electrons. The molecule has 0 bridgehead atoms. The number of rotatable bonds is 6. The third kappa shape index (κ3) is 5.55. The molecule has 0 fully saturated rings. The van der Waals surface area contributed by atoms with Crippen molar-refractivity contribution >= 4 is 11.8 Å². The minimum atomic E-state index is -0.111. The lowest BCUT2D eigenvalue weighted by Gasteiger charge is -2.24. The van der Waals surface area contributed by atoms with Crippen LogP contribution in [0.15, 0.2) is 30.3 Å². The summed E-state index contributed by atoms with van der Waals surface area (Å²) in [7, 11) is 0. The van der Waals surface area contributed by atoms with Crippen LogP contribution in [0.3, 0.4) is 0 Å². The first kappa shape index (κ1) is 15.2. The molecule has 0 atom stereocenters.